The van der Waals surface area contributed by atoms with Crippen molar-refractivity contribution in [3.63, 3.8) is 0 Å². The Bertz CT molecular complexity index is 1260. The fraction of sp³-hybridized carbons (Fsp3) is 0.150. The maximum Gasteiger partial charge on any atom is 0.297 e. The van der Waals surface area contributed by atoms with Gasteiger partial charge in [-0.25, -0.2) is 13.8 Å². The minimum Gasteiger partial charge on any atom is -0.448 e. The van der Waals surface area contributed by atoms with Crippen molar-refractivity contribution < 1.29 is 18.0 Å². The predicted molar refractivity (Wildman–Crippen MR) is 98.7 cm³/mol. The SMILES string of the molecule is C[C@@H](NC(=O)Cn1cnc2c(oc3ccccc32)c1=O)c1ccc(F)cc1F. The van der Waals surface area contributed by atoms with Crippen molar-refractivity contribution in [3.8, 4) is 0 Å². The normalized spacial score (nSPS) is 12.4. The van der Waals surface area contributed by atoms with Crippen LogP contribution in [0, 0.1) is 11.6 Å². The van der Waals surface area contributed by atoms with Crippen molar-refractivity contribution in [3.05, 3.63) is 76.3 Å². The summed E-state index contributed by atoms with van der Waals surface area (Å²) in [6.07, 6.45) is 1.27. The van der Waals surface area contributed by atoms with E-state index in [9.17, 15) is 18.4 Å². The quantitative estimate of drug-likeness (QED) is 0.587. The average Bonchev–Trinajstić information content (AvgIpc) is 3.03. The van der Waals surface area contributed by atoms with Crippen LogP contribution in [0.2, 0.25) is 0 Å². The predicted octanol–water partition coefficient (Wildman–Crippen LogP) is 3.30. The van der Waals surface area contributed by atoms with E-state index < -0.39 is 29.1 Å². The van der Waals surface area contributed by atoms with E-state index in [1.54, 1.807) is 25.1 Å². The molecule has 1 N–H and O–H groups in total. The minimum atomic E-state index is -0.754. The molecule has 2 aromatic heterocycles. The number of carbonyl (C=O) groups excluding carboxylic acids is 1. The maximum atomic E-state index is 13.8. The number of para-hydroxylation sites is 1. The van der Waals surface area contributed by atoms with Crippen molar-refractivity contribution in [2.75, 3.05) is 0 Å². The molecule has 1 atom stereocenters. The monoisotopic (exact) mass is 383 g/mol. The molecule has 2 aromatic carbocycles. The molecule has 0 radical (unpaired) electrons. The lowest BCUT2D eigenvalue weighted by Gasteiger charge is -2.15. The molecule has 4 aromatic rings. The number of nitrogens with zero attached hydrogens (tertiary/aromatic N) is 2. The molecule has 0 aliphatic rings. The van der Waals surface area contributed by atoms with Crippen LogP contribution in [0.1, 0.15) is 18.5 Å². The topological polar surface area (TPSA) is 77.1 Å². The first-order valence-electron chi connectivity index (χ1n) is 8.55. The first-order chi connectivity index (χ1) is 13.4. The Labute approximate surface area is 157 Å². The lowest BCUT2D eigenvalue weighted by molar-refractivity contribution is -0.122. The molecule has 8 heteroatoms. The molecule has 0 unspecified atom stereocenters. The maximum absolute atomic E-state index is 13.8. The van der Waals surface area contributed by atoms with Gasteiger partial charge in [-0.05, 0) is 25.1 Å². The highest BCUT2D eigenvalue weighted by atomic mass is 19.1. The molecule has 0 aliphatic carbocycles. The second-order valence-electron chi connectivity index (χ2n) is 6.41. The zero-order valence-corrected chi connectivity index (χ0v) is 14.8. The Hall–Kier alpha value is -3.55. The largest absolute Gasteiger partial charge is 0.448 e. The van der Waals surface area contributed by atoms with Gasteiger partial charge in [-0.15, -0.1) is 0 Å². The van der Waals surface area contributed by atoms with Crippen LogP contribution in [0.4, 0.5) is 8.78 Å². The fourth-order valence-electron chi connectivity index (χ4n) is 3.10. The third kappa shape index (κ3) is 3.13. The second-order valence-corrected chi connectivity index (χ2v) is 6.41. The lowest BCUT2D eigenvalue weighted by Crippen LogP contribution is -2.34. The Kier molecular flexibility index (Phi) is 4.38. The van der Waals surface area contributed by atoms with E-state index in [1.165, 1.54) is 12.4 Å². The molecule has 0 saturated heterocycles. The number of rotatable bonds is 4. The number of hydrogen-bond acceptors (Lipinski definition) is 4. The van der Waals surface area contributed by atoms with Gasteiger partial charge in [0.1, 0.15) is 29.3 Å². The van der Waals surface area contributed by atoms with E-state index >= 15 is 0 Å². The summed E-state index contributed by atoms with van der Waals surface area (Å²) in [5.41, 5.74) is 0.683. The number of hydrogen-bond donors (Lipinski definition) is 1. The van der Waals surface area contributed by atoms with Gasteiger partial charge in [-0.2, -0.15) is 0 Å². The van der Waals surface area contributed by atoms with Gasteiger partial charge in [0.15, 0.2) is 0 Å². The van der Waals surface area contributed by atoms with E-state index in [4.69, 9.17) is 4.42 Å². The van der Waals surface area contributed by atoms with Crippen LogP contribution in [-0.4, -0.2) is 15.5 Å². The van der Waals surface area contributed by atoms with Crippen molar-refractivity contribution in [2.45, 2.75) is 19.5 Å². The van der Waals surface area contributed by atoms with E-state index in [2.05, 4.69) is 10.3 Å². The highest BCUT2D eigenvalue weighted by molar-refractivity contribution is 6.01. The van der Waals surface area contributed by atoms with Gasteiger partial charge in [0, 0.05) is 17.0 Å². The third-order valence-corrected chi connectivity index (χ3v) is 4.47. The third-order valence-electron chi connectivity index (χ3n) is 4.47. The first-order valence-corrected chi connectivity index (χ1v) is 8.55. The van der Waals surface area contributed by atoms with Crippen LogP contribution in [0.15, 0.2) is 58.0 Å². The van der Waals surface area contributed by atoms with Crippen LogP contribution in [0.25, 0.3) is 22.1 Å². The zero-order valence-electron chi connectivity index (χ0n) is 14.8. The molecular formula is C20H15F2N3O3. The molecule has 4 rings (SSSR count). The Morgan fingerprint density at radius 3 is 2.82 bits per heavy atom. The number of nitrogens with one attached hydrogen (secondary N) is 1. The molecule has 6 nitrogen and oxygen atoms in total. The van der Waals surface area contributed by atoms with E-state index in [-0.39, 0.29) is 17.7 Å². The number of halogens is 2. The summed E-state index contributed by atoms with van der Waals surface area (Å²) in [5.74, 6) is -1.97. The molecule has 142 valence electrons. The summed E-state index contributed by atoms with van der Waals surface area (Å²) < 4.78 is 33.6. The molecule has 28 heavy (non-hydrogen) atoms. The van der Waals surface area contributed by atoms with Gasteiger partial charge in [0.2, 0.25) is 11.5 Å². The summed E-state index contributed by atoms with van der Waals surface area (Å²) in [5, 5.41) is 3.30. The standard InChI is InChI=1S/C20H15F2N3O3/c1-11(13-7-6-12(21)8-15(13)22)24-17(26)9-25-10-23-18-14-4-2-3-5-16(14)28-19(18)20(25)27/h2-8,10-11H,9H2,1H3,(H,24,26)/t11-/m1/s1. The lowest BCUT2D eigenvalue weighted by atomic mass is 10.1. The number of aromatic nitrogens is 2. The minimum absolute atomic E-state index is 0.0640. The fourth-order valence-corrected chi connectivity index (χ4v) is 3.10. The zero-order chi connectivity index (χ0) is 19.8. The molecule has 0 bridgehead atoms. The highest BCUT2D eigenvalue weighted by Crippen LogP contribution is 2.24. The molecule has 1 amide bonds. The van der Waals surface area contributed by atoms with E-state index in [1.807, 2.05) is 6.07 Å². The molecule has 0 spiro atoms. The van der Waals surface area contributed by atoms with Crippen molar-refractivity contribution in [1.82, 2.24) is 14.9 Å². The summed E-state index contributed by atoms with van der Waals surface area (Å²) in [6.45, 7) is 1.25. The number of carbonyl (C=O) groups is 1. The van der Waals surface area contributed by atoms with Gasteiger partial charge in [-0.1, -0.05) is 18.2 Å². The summed E-state index contributed by atoms with van der Waals surface area (Å²) in [4.78, 5) is 29.2. The van der Waals surface area contributed by atoms with Crippen molar-refractivity contribution in [2.24, 2.45) is 0 Å². The number of fused-ring (bicyclic) bond motifs is 3. The molecule has 0 fully saturated rings. The molecular weight excluding hydrogens is 368 g/mol. The number of amides is 1. The van der Waals surface area contributed by atoms with E-state index in [0.29, 0.717) is 16.5 Å². The smallest absolute Gasteiger partial charge is 0.297 e. The highest BCUT2D eigenvalue weighted by Gasteiger charge is 2.17. The van der Waals surface area contributed by atoms with Gasteiger partial charge in [0.05, 0.1) is 12.4 Å². The van der Waals surface area contributed by atoms with Gasteiger partial charge in [-0.3, -0.25) is 14.2 Å². The summed E-state index contributed by atoms with van der Waals surface area (Å²) >= 11 is 0. The number of benzene rings is 2. The molecule has 0 aliphatic heterocycles. The van der Waals surface area contributed by atoms with Crippen LogP contribution < -0.4 is 10.9 Å². The van der Waals surface area contributed by atoms with Gasteiger partial charge < -0.3 is 9.73 Å². The second kappa shape index (κ2) is 6.88. The first kappa shape index (κ1) is 17.8. The Morgan fingerprint density at radius 1 is 1.25 bits per heavy atom. The van der Waals surface area contributed by atoms with Crippen LogP contribution in [0.5, 0.6) is 0 Å². The van der Waals surface area contributed by atoms with Crippen molar-refractivity contribution >= 4 is 28.0 Å². The summed E-state index contributed by atoms with van der Waals surface area (Å²) in [6, 6.07) is 9.56. The van der Waals surface area contributed by atoms with Crippen LogP contribution >= 0.6 is 0 Å². The van der Waals surface area contributed by atoms with Crippen LogP contribution in [-0.2, 0) is 11.3 Å². The molecule has 0 saturated carbocycles. The van der Waals surface area contributed by atoms with E-state index in [0.717, 1.165) is 16.7 Å². The summed E-state index contributed by atoms with van der Waals surface area (Å²) in [7, 11) is 0. The Balaban J connectivity index is 1.57. The Morgan fingerprint density at radius 2 is 2.04 bits per heavy atom. The average molecular weight is 383 g/mol. The molecule has 2 heterocycles. The van der Waals surface area contributed by atoms with Crippen molar-refractivity contribution in [1.29, 1.82) is 0 Å². The van der Waals surface area contributed by atoms with Gasteiger partial charge >= 0.3 is 0 Å². The van der Waals surface area contributed by atoms with Gasteiger partial charge in [0.25, 0.3) is 5.56 Å². The van der Waals surface area contributed by atoms with Crippen LogP contribution in [0.3, 0.4) is 0 Å². The number of furan rings is 1.